The van der Waals surface area contributed by atoms with Crippen LogP contribution in [0.15, 0.2) is 4.47 Å². The molecule has 1 aromatic rings. The van der Waals surface area contributed by atoms with Crippen LogP contribution < -0.4 is 0 Å². The Morgan fingerprint density at radius 1 is 1.24 bits per heavy atom. The molecule has 0 aromatic carbocycles. The summed E-state index contributed by atoms with van der Waals surface area (Å²) >= 11 is 3.63. The van der Waals surface area contributed by atoms with E-state index >= 15 is 0 Å². The minimum atomic E-state index is -0.240. The highest BCUT2D eigenvalue weighted by molar-refractivity contribution is 9.10. The first kappa shape index (κ1) is 17.0. The van der Waals surface area contributed by atoms with Gasteiger partial charge in [-0.25, -0.2) is 0 Å². The van der Waals surface area contributed by atoms with Crippen molar-refractivity contribution in [2.75, 3.05) is 0 Å². The zero-order chi connectivity index (χ0) is 15.6. The minimum absolute atomic E-state index is 0.240. The summed E-state index contributed by atoms with van der Waals surface area (Å²) in [5.41, 5.74) is 2.16. The predicted molar refractivity (Wildman–Crippen MR) is 90.3 cm³/mol. The highest BCUT2D eigenvalue weighted by Gasteiger charge is 2.29. The number of aliphatic hydroxyl groups excluding tert-OH is 1. The van der Waals surface area contributed by atoms with Crippen molar-refractivity contribution in [3.05, 3.63) is 15.9 Å². The molecule has 1 saturated carbocycles. The molecule has 1 aromatic heterocycles. The summed E-state index contributed by atoms with van der Waals surface area (Å²) in [6, 6.07) is 0. The number of rotatable bonds is 5. The molecule has 1 heterocycles. The maximum absolute atomic E-state index is 10.6. The van der Waals surface area contributed by atoms with E-state index in [9.17, 15) is 5.11 Å². The van der Waals surface area contributed by atoms with Gasteiger partial charge >= 0.3 is 0 Å². The Bertz CT molecular complexity index is 462. The average molecular weight is 357 g/mol. The van der Waals surface area contributed by atoms with E-state index in [4.69, 9.17) is 0 Å². The Balaban J connectivity index is 1.98. The summed E-state index contributed by atoms with van der Waals surface area (Å²) in [6.45, 7) is 9.61. The van der Waals surface area contributed by atoms with Gasteiger partial charge in [-0.3, -0.25) is 4.68 Å². The lowest BCUT2D eigenvalue weighted by Crippen LogP contribution is -2.29. The van der Waals surface area contributed by atoms with E-state index in [0.29, 0.717) is 12.3 Å². The fourth-order valence-corrected chi connectivity index (χ4v) is 4.07. The average Bonchev–Trinajstić information content (AvgIpc) is 2.75. The number of aliphatic hydroxyl groups is 1. The van der Waals surface area contributed by atoms with Gasteiger partial charge in [-0.15, -0.1) is 0 Å². The normalized spacial score (nSPS) is 24.5. The van der Waals surface area contributed by atoms with Crippen LogP contribution in [-0.2, 0) is 13.0 Å². The number of nitrogens with zero attached hydrogens (tertiary/aromatic N) is 2. The van der Waals surface area contributed by atoms with E-state index < -0.39 is 0 Å². The topological polar surface area (TPSA) is 38.0 Å². The maximum atomic E-state index is 10.6. The van der Waals surface area contributed by atoms with Crippen molar-refractivity contribution in [1.82, 2.24) is 9.78 Å². The number of hydrogen-bond donors (Lipinski definition) is 1. The van der Waals surface area contributed by atoms with Gasteiger partial charge < -0.3 is 5.11 Å². The van der Waals surface area contributed by atoms with E-state index in [1.54, 1.807) is 0 Å². The van der Waals surface area contributed by atoms with Crippen molar-refractivity contribution in [3.8, 4) is 0 Å². The molecule has 3 nitrogen and oxygen atoms in total. The summed E-state index contributed by atoms with van der Waals surface area (Å²) in [5, 5.41) is 15.2. The molecule has 1 aliphatic rings. The second kappa shape index (κ2) is 7.28. The maximum Gasteiger partial charge on any atom is 0.0738 e. The smallest absolute Gasteiger partial charge is 0.0738 e. The van der Waals surface area contributed by atoms with E-state index in [2.05, 4.69) is 41.8 Å². The molecule has 0 radical (unpaired) electrons. The van der Waals surface area contributed by atoms with Crippen LogP contribution in [0.25, 0.3) is 0 Å². The summed E-state index contributed by atoms with van der Waals surface area (Å²) in [4.78, 5) is 0. The third-order valence-corrected chi connectivity index (χ3v) is 6.19. The van der Waals surface area contributed by atoms with Crippen molar-refractivity contribution in [3.63, 3.8) is 0 Å². The highest BCUT2D eigenvalue weighted by Crippen LogP contribution is 2.36. The molecular formula is C17H29BrN2O. The highest BCUT2D eigenvalue weighted by atomic mass is 79.9. The number of hydrogen-bond acceptors (Lipinski definition) is 2. The van der Waals surface area contributed by atoms with Crippen molar-refractivity contribution in [1.29, 1.82) is 0 Å². The minimum Gasteiger partial charge on any atom is -0.392 e. The predicted octanol–water partition coefficient (Wildman–Crippen LogP) is 4.34. The van der Waals surface area contributed by atoms with E-state index in [1.165, 1.54) is 25.7 Å². The standard InChI is InChI=1S/C17H29BrN2O/c1-5-20-15(17(18)12(4)19-20)10-16(21)14-8-6-13(7-9-14)11(2)3/h11,13-14,16,21H,5-10H2,1-4H3. The summed E-state index contributed by atoms with van der Waals surface area (Å²) in [7, 11) is 0. The van der Waals surface area contributed by atoms with Crippen LogP contribution in [0, 0.1) is 24.7 Å². The molecule has 1 N–H and O–H groups in total. The van der Waals surface area contributed by atoms with E-state index in [1.807, 2.05) is 11.6 Å². The Hall–Kier alpha value is -0.350. The fraction of sp³-hybridized carbons (Fsp3) is 0.824. The molecule has 0 aliphatic heterocycles. The molecule has 2 rings (SSSR count). The molecule has 0 spiro atoms. The van der Waals surface area contributed by atoms with Crippen LogP contribution in [0.2, 0.25) is 0 Å². The zero-order valence-corrected chi connectivity index (χ0v) is 15.4. The Morgan fingerprint density at radius 2 is 1.81 bits per heavy atom. The van der Waals surface area contributed by atoms with Gasteiger partial charge in [0.05, 0.1) is 22.0 Å². The summed E-state index contributed by atoms with van der Waals surface area (Å²) < 4.78 is 3.09. The first-order valence-corrected chi connectivity index (χ1v) is 9.13. The molecule has 4 heteroatoms. The molecule has 120 valence electrons. The summed E-state index contributed by atoms with van der Waals surface area (Å²) in [5.74, 6) is 2.08. The van der Waals surface area contributed by atoms with Crippen molar-refractivity contribution < 1.29 is 5.11 Å². The van der Waals surface area contributed by atoms with Gasteiger partial charge in [-0.1, -0.05) is 13.8 Å². The lowest BCUT2D eigenvalue weighted by atomic mass is 9.74. The van der Waals surface area contributed by atoms with Crippen LogP contribution in [0.4, 0.5) is 0 Å². The quantitative estimate of drug-likeness (QED) is 0.851. The van der Waals surface area contributed by atoms with Crippen molar-refractivity contribution in [2.45, 2.75) is 72.4 Å². The lowest BCUT2D eigenvalue weighted by Gasteiger charge is -2.33. The second-order valence-corrected chi connectivity index (χ2v) is 7.65. The van der Waals surface area contributed by atoms with Gasteiger partial charge in [-0.2, -0.15) is 5.10 Å². The van der Waals surface area contributed by atoms with Crippen LogP contribution in [0.3, 0.4) is 0 Å². The number of halogens is 1. The van der Waals surface area contributed by atoms with Crippen LogP contribution in [0.5, 0.6) is 0 Å². The second-order valence-electron chi connectivity index (χ2n) is 6.85. The Kier molecular flexibility index (Phi) is 5.89. The molecule has 0 saturated heterocycles. The van der Waals surface area contributed by atoms with Gasteiger partial charge in [-0.05, 0) is 73.2 Å². The van der Waals surface area contributed by atoms with Crippen molar-refractivity contribution in [2.24, 2.45) is 17.8 Å². The molecule has 1 unspecified atom stereocenters. The molecule has 0 amide bonds. The van der Waals surface area contributed by atoms with Gasteiger partial charge in [0.2, 0.25) is 0 Å². The first-order chi connectivity index (χ1) is 9.93. The molecule has 21 heavy (non-hydrogen) atoms. The van der Waals surface area contributed by atoms with E-state index in [0.717, 1.165) is 34.2 Å². The monoisotopic (exact) mass is 356 g/mol. The number of aromatic nitrogens is 2. The lowest BCUT2D eigenvalue weighted by molar-refractivity contribution is 0.0659. The summed E-state index contributed by atoms with van der Waals surface area (Å²) in [6.07, 6.45) is 5.35. The largest absolute Gasteiger partial charge is 0.392 e. The van der Waals surface area contributed by atoms with Crippen LogP contribution >= 0.6 is 15.9 Å². The van der Waals surface area contributed by atoms with Crippen molar-refractivity contribution >= 4 is 15.9 Å². The zero-order valence-electron chi connectivity index (χ0n) is 13.8. The molecule has 1 fully saturated rings. The molecule has 1 aliphatic carbocycles. The SMILES string of the molecule is CCn1nc(C)c(Br)c1CC(O)C1CCC(C(C)C)CC1. The van der Waals surface area contributed by atoms with Gasteiger partial charge in [0.1, 0.15) is 0 Å². The fourth-order valence-electron chi connectivity index (χ4n) is 3.63. The third-order valence-electron chi connectivity index (χ3n) is 5.16. The van der Waals surface area contributed by atoms with E-state index in [-0.39, 0.29) is 6.10 Å². The third kappa shape index (κ3) is 3.89. The van der Waals surface area contributed by atoms with Crippen LogP contribution in [-0.4, -0.2) is 21.0 Å². The van der Waals surface area contributed by atoms with Gasteiger partial charge in [0.15, 0.2) is 0 Å². The van der Waals surface area contributed by atoms with Gasteiger partial charge in [0, 0.05) is 13.0 Å². The molecule has 0 bridgehead atoms. The Morgan fingerprint density at radius 3 is 2.33 bits per heavy atom. The van der Waals surface area contributed by atoms with Gasteiger partial charge in [0.25, 0.3) is 0 Å². The van der Waals surface area contributed by atoms with Crippen LogP contribution in [0.1, 0.15) is 57.8 Å². The first-order valence-electron chi connectivity index (χ1n) is 8.33. The number of aryl methyl sites for hydroxylation is 2. The molecule has 1 atom stereocenters. The Labute approximate surface area is 137 Å². The molecular weight excluding hydrogens is 328 g/mol.